The first-order valence-corrected chi connectivity index (χ1v) is 8.20. The molecule has 0 spiro atoms. The van der Waals surface area contributed by atoms with Crippen molar-refractivity contribution in [2.45, 2.75) is 26.4 Å². The average Bonchev–Trinajstić information content (AvgIpc) is 2.86. The molecule has 0 bridgehead atoms. The molecule has 0 aliphatic carbocycles. The van der Waals surface area contributed by atoms with Gasteiger partial charge in [-0.1, -0.05) is 12.1 Å². The largest absolute Gasteiger partial charge is 0.382 e. The van der Waals surface area contributed by atoms with Gasteiger partial charge in [-0.05, 0) is 25.5 Å². The van der Waals surface area contributed by atoms with E-state index in [1.54, 1.807) is 11.7 Å². The number of imidazole rings is 1. The van der Waals surface area contributed by atoms with Crippen LogP contribution in [-0.2, 0) is 27.4 Å². The van der Waals surface area contributed by atoms with E-state index in [0.29, 0.717) is 32.9 Å². The van der Waals surface area contributed by atoms with Gasteiger partial charge in [-0.2, -0.15) is 0 Å². The molecule has 2 aromatic rings. The van der Waals surface area contributed by atoms with Crippen molar-refractivity contribution in [2.24, 2.45) is 0 Å². The molecule has 0 fully saturated rings. The highest BCUT2D eigenvalue weighted by Crippen LogP contribution is 2.12. The monoisotopic (exact) mass is 335 g/mol. The van der Waals surface area contributed by atoms with E-state index in [-0.39, 0.29) is 18.1 Å². The molecule has 0 saturated carbocycles. The number of aryl methyl sites for hydroxylation is 1. The van der Waals surface area contributed by atoms with Gasteiger partial charge < -0.3 is 14.8 Å². The van der Waals surface area contributed by atoms with E-state index >= 15 is 0 Å². The molecule has 0 aliphatic rings. The van der Waals surface area contributed by atoms with E-state index in [0.717, 1.165) is 17.5 Å². The Labute approximate surface area is 141 Å². The summed E-state index contributed by atoms with van der Waals surface area (Å²) in [6.45, 7) is 4.73. The highest BCUT2D eigenvalue weighted by atomic mass is 16.5. The summed E-state index contributed by atoms with van der Waals surface area (Å²) in [6, 6.07) is 7.52. The molecule has 0 saturated heterocycles. The molecular formula is C17H25N3O4. The zero-order chi connectivity index (χ0) is 17.4. The van der Waals surface area contributed by atoms with Gasteiger partial charge >= 0.3 is 5.69 Å². The van der Waals surface area contributed by atoms with Crippen LogP contribution in [0.5, 0.6) is 0 Å². The molecule has 0 unspecified atom stereocenters. The lowest BCUT2D eigenvalue weighted by Crippen LogP contribution is -2.33. The molecule has 0 radical (unpaired) electrons. The number of hydrogen-bond donors (Lipinski definition) is 1. The standard InChI is InChI=1S/C17H25N3O4/c1-3-19-14-7-4-5-8-15(14)20(17(19)22)13-16(21)18-9-6-10-24-12-11-23-2/h4-5,7-8H,3,6,9-13H2,1-2H3,(H,18,21). The van der Waals surface area contributed by atoms with Crippen molar-refractivity contribution in [3.8, 4) is 0 Å². The number of nitrogens with zero attached hydrogens (tertiary/aromatic N) is 2. The van der Waals surface area contributed by atoms with Crippen LogP contribution in [0.15, 0.2) is 29.1 Å². The number of amides is 1. The van der Waals surface area contributed by atoms with Crippen molar-refractivity contribution in [3.05, 3.63) is 34.7 Å². The normalized spacial score (nSPS) is 11.1. The summed E-state index contributed by atoms with van der Waals surface area (Å²) >= 11 is 0. The van der Waals surface area contributed by atoms with Gasteiger partial charge in [0.1, 0.15) is 6.54 Å². The average molecular weight is 335 g/mol. The lowest BCUT2D eigenvalue weighted by atomic mass is 10.3. The molecule has 0 atom stereocenters. The number of fused-ring (bicyclic) bond motifs is 1. The molecular weight excluding hydrogens is 310 g/mol. The molecule has 24 heavy (non-hydrogen) atoms. The Morgan fingerprint density at radius 2 is 1.83 bits per heavy atom. The summed E-state index contributed by atoms with van der Waals surface area (Å²) in [5.41, 5.74) is 1.48. The number of carbonyl (C=O) groups is 1. The highest BCUT2D eigenvalue weighted by Gasteiger charge is 2.13. The zero-order valence-corrected chi connectivity index (χ0v) is 14.3. The Bertz CT molecular complexity index is 720. The number of rotatable bonds is 10. The third-order valence-electron chi connectivity index (χ3n) is 3.76. The van der Waals surface area contributed by atoms with Gasteiger partial charge in [0.25, 0.3) is 0 Å². The maximum Gasteiger partial charge on any atom is 0.329 e. The van der Waals surface area contributed by atoms with Crippen molar-refractivity contribution in [2.75, 3.05) is 33.5 Å². The number of hydrogen-bond acceptors (Lipinski definition) is 4. The van der Waals surface area contributed by atoms with Gasteiger partial charge in [0.2, 0.25) is 5.91 Å². The maximum absolute atomic E-state index is 12.4. The molecule has 0 aliphatic heterocycles. The van der Waals surface area contributed by atoms with Crippen LogP contribution in [0.3, 0.4) is 0 Å². The first kappa shape index (κ1) is 18.2. The van der Waals surface area contributed by atoms with E-state index in [2.05, 4.69) is 5.32 Å². The Balaban J connectivity index is 1.89. The summed E-state index contributed by atoms with van der Waals surface area (Å²) in [5.74, 6) is -0.173. The third kappa shape index (κ3) is 4.46. The fraction of sp³-hybridized carbons (Fsp3) is 0.529. The van der Waals surface area contributed by atoms with Crippen LogP contribution in [0.2, 0.25) is 0 Å². The van der Waals surface area contributed by atoms with Crippen LogP contribution in [0, 0.1) is 0 Å². The number of nitrogens with one attached hydrogen (secondary N) is 1. The second-order valence-electron chi connectivity index (χ2n) is 5.41. The van der Waals surface area contributed by atoms with Crippen LogP contribution in [0.25, 0.3) is 11.0 Å². The Hall–Kier alpha value is -2.12. The molecule has 1 aromatic heterocycles. The van der Waals surface area contributed by atoms with Crippen molar-refractivity contribution in [1.29, 1.82) is 0 Å². The molecule has 1 N–H and O–H groups in total. The van der Waals surface area contributed by atoms with Gasteiger partial charge in [0.15, 0.2) is 0 Å². The molecule has 7 heteroatoms. The quantitative estimate of drug-likeness (QED) is 0.657. The minimum Gasteiger partial charge on any atom is -0.382 e. The first-order chi connectivity index (χ1) is 11.7. The Kier molecular flexibility index (Phi) is 7.02. The van der Waals surface area contributed by atoms with Crippen LogP contribution in [0.4, 0.5) is 0 Å². The second-order valence-corrected chi connectivity index (χ2v) is 5.41. The number of ether oxygens (including phenoxy) is 2. The smallest absolute Gasteiger partial charge is 0.329 e. The van der Waals surface area contributed by atoms with E-state index in [4.69, 9.17) is 9.47 Å². The summed E-state index contributed by atoms with van der Waals surface area (Å²) in [6.07, 6.45) is 0.723. The Morgan fingerprint density at radius 1 is 1.12 bits per heavy atom. The summed E-state index contributed by atoms with van der Waals surface area (Å²) in [4.78, 5) is 24.5. The highest BCUT2D eigenvalue weighted by molar-refractivity contribution is 5.80. The summed E-state index contributed by atoms with van der Waals surface area (Å²) in [5, 5.41) is 2.82. The minimum absolute atomic E-state index is 0.0247. The van der Waals surface area contributed by atoms with Gasteiger partial charge in [-0.25, -0.2) is 4.79 Å². The summed E-state index contributed by atoms with van der Waals surface area (Å²) in [7, 11) is 1.63. The minimum atomic E-state index is -0.173. The van der Waals surface area contributed by atoms with Crippen LogP contribution < -0.4 is 11.0 Å². The van der Waals surface area contributed by atoms with Crippen molar-refractivity contribution >= 4 is 16.9 Å². The predicted molar refractivity (Wildman–Crippen MR) is 92.2 cm³/mol. The zero-order valence-electron chi connectivity index (χ0n) is 14.3. The van der Waals surface area contributed by atoms with Crippen LogP contribution in [0.1, 0.15) is 13.3 Å². The number of benzene rings is 1. The van der Waals surface area contributed by atoms with Gasteiger partial charge in [0.05, 0.1) is 24.2 Å². The molecule has 1 aromatic carbocycles. The van der Waals surface area contributed by atoms with E-state index < -0.39 is 0 Å². The molecule has 1 heterocycles. The molecule has 2 rings (SSSR count). The molecule has 132 valence electrons. The summed E-state index contributed by atoms with van der Waals surface area (Å²) < 4.78 is 13.4. The van der Waals surface area contributed by atoms with Gasteiger partial charge in [-0.15, -0.1) is 0 Å². The fourth-order valence-electron chi connectivity index (χ4n) is 2.58. The number of methoxy groups -OCH3 is 1. The lowest BCUT2D eigenvalue weighted by molar-refractivity contribution is -0.121. The molecule has 1 amide bonds. The fourth-order valence-corrected chi connectivity index (χ4v) is 2.58. The SMILES string of the molecule is CCn1c(=O)n(CC(=O)NCCCOCCOC)c2ccccc21. The second kappa shape index (κ2) is 9.24. The Morgan fingerprint density at radius 3 is 2.50 bits per heavy atom. The number of carbonyl (C=O) groups excluding carboxylic acids is 1. The van der Waals surface area contributed by atoms with Gasteiger partial charge in [0, 0.05) is 26.8 Å². The van der Waals surface area contributed by atoms with E-state index in [1.807, 2.05) is 31.2 Å². The van der Waals surface area contributed by atoms with Crippen molar-refractivity contribution in [1.82, 2.24) is 14.5 Å². The lowest BCUT2D eigenvalue weighted by Gasteiger charge is -2.07. The topological polar surface area (TPSA) is 74.5 Å². The maximum atomic E-state index is 12.4. The third-order valence-corrected chi connectivity index (χ3v) is 3.76. The van der Waals surface area contributed by atoms with Gasteiger partial charge in [-0.3, -0.25) is 13.9 Å². The first-order valence-electron chi connectivity index (χ1n) is 8.20. The predicted octanol–water partition coefficient (Wildman–Crippen LogP) is 0.992. The number of aromatic nitrogens is 2. The van der Waals surface area contributed by atoms with Crippen LogP contribution >= 0.6 is 0 Å². The van der Waals surface area contributed by atoms with Crippen LogP contribution in [-0.4, -0.2) is 48.5 Å². The molecule has 7 nitrogen and oxygen atoms in total. The van der Waals surface area contributed by atoms with Crippen molar-refractivity contribution < 1.29 is 14.3 Å². The van der Waals surface area contributed by atoms with Crippen molar-refractivity contribution in [3.63, 3.8) is 0 Å². The number of para-hydroxylation sites is 2. The van der Waals surface area contributed by atoms with E-state index in [9.17, 15) is 9.59 Å². The van der Waals surface area contributed by atoms with E-state index in [1.165, 1.54) is 4.57 Å².